The van der Waals surface area contributed by atoms with E-state index in [0.717, 1.165) is 0 Å². The summed E-state index contributed by atoms with van der Waals surface area (Å²) < 4.78 is 71.6. The molecule has 3 aromatic rings. The monoisotopic (exact) mass is 312 g/mol. The maximum Gasteiger partial charge on any atom is 0.254 e. The van der Waals surface area contributed by atoms with Crippen molar-refractivity contribution in [3.63, 3.8) is 0 Å². The molecular weight excluding hydrogens is 307 g/mol. The van der Waals surface area contributed by atoms with Crippen LogP contribution >= 0.6 is 0 Å². The van der Waals surface area contributed by atoms with Gasteiger partial charge in [-0.05, 0) is 12.1 Å². The van der Waals surface area contributed by atoms with Crippen molar-refractivity contribution in [2.24, 2.45) is 0 Å². The molecule has 0 unspecified atom stereocenters. The van der Waals surface area contributed by atoms with Crippen LogP contribution in [0.2, 0.25) is 0 Å². The van der Waals surface area contributed by atoms with Crippen LogP contribution in [0.5, 0.6) is 0 Å². The molecule has 0 saturated heterocycles. The number of nitrogens with zero attached hydrogens (tertiary/aromatic N) is 2. The minimum absolute atomic E-state index is 0.112. The molecule has 0 N–H and O–H groups in total. The van der Waals surface area contributed by atoms with Crippen LogP contribution in [-0.4, -0.2) is 10.2 Å². The van der Waals surface area contributed by atoms with E-state index >= 15 is 0 Å². The molecule has 0 aliphatic rings. The van der Waals surface area contributed by atoms with Gasteiger partial charge in [0.2, 0.25) is 11.7 Å². The molecule has 0 bridgehead atoms. The molecule has 2 aromatic carbocycles. The van der Waals surface area contributed by atoms with E-state index in [2.05, 4.69) is 10.2 Å². The lowest BCUT2D eigenvalue weighted by Gasteiger charge is -2.04. The van der Waals surface area contributed by atoms with Gasteiger partial charge in [0, 0.05) is 5.56 Å². The van der Waals surface area contributed by atoms with Crippen molar-refractivity contribution in [3.8, 4) is 22.9 Å². The van der Waals surface area contributed by atoms with E-state index in [1.807, 2.05) is 0 Å². The van der Waals surface area contributed by atoms with Gasteiger partial charge in [-0.15, -0.1) is 10.2 Å². The van der Waals surface area contributed by atoms with E-state index in [-0.39, 0.29) is 5.89 Å². The number of hydrogen-bond donors (Lipinski definition) is 0. The zero-order chi connectivity index (χ0) is 15.9. The van der Waals surface area contributed by atoms with Crippen LogP contribution in [0.25, 0.3) is 22.9 Å². The van der Waals surface area contributed by atoms with Gasteiger partial charge in [0.15, 0.2) is 23.3 Å². The topological polar surface area (TPSA) is 38.9 Å². The zero-order valence-corrected chi connectivity index (χ0v) is 10.6. The number of hydrogen-bond acceptors (Lipinski definition) is 3. The highest BCUT2D eigenvalue weighted by molar-refractivity contribution is 5.59. The van der Waals surface area contributed by atoms with E-state index in [0.29, 0.717) is 5.56 Å². The number of benzene rings is 2. The van der Waals surface area contributed by atoms with Crippen LogP contribution in [-0.2, 0) is 0 Å². The second kappa shape index (κ2) is 5.21. The van der Waals surface area contributed by atoms with Crippen LogP contribution in [0.3, 0.4) is 0 Å². The SMILES string of the molecule is Fc1c(F)c(F)c(-c2nnc(-c3ccccc3)o2)c(F)c1F. The normalized spacial score (nSPS) is 11.0. The third-order valence-electron chi connectivity index (χ3n) is 2.87. The number of halogens is 5. The molecule has 0 fully saturated rings. The van der Waals surface area contributed by atoms with Gasteiger partial charge in [-0.3, -0.25) is 0 Å². The van der Waals surface area contributed by atoms with Gasteiger partial charge in [-0.25, -0.2) is 22.0 Å². The lowest BCUT2D eigenvalue weighted by Crippen LogP contribution is -2.04. The molecule has 112 valence electrons. The summed E-state index contributed by atoms with van der Waals surface area (Å²) in [6, 6.07) is 8.17. The molecule has 22 heavy (non-hydrogen) atoms. The van der Waals surface area contributed by atoms with E-state index in [9.17, 15) is 22.0 Å². The first-order valence-electron chi connectivity index (χ1n) is 5.91. The maximum absolute atomic E-state index is 13.7. The third-order valence-corrected chi connectivity index (χ3v) is 2.87. The van der Waals surface area contributed by atoms with Crippen LogP contribution in [0.4, 0.5) is 22.0 Å². The van der Waals surface area contributed by atoms with Crippen LogP contribution in [0, 0.1) is 29.1 Å². The predicted molar refractivity (Wildman–Crippen MR) is 65.0 cm³/mol. The van der Waals surface area contributed by atoms with Crippen LogP contribution in [0.15, 0.2) is 34.7 Å². The Balaban J connectivity index is 2.16. The minimum atomic E-state index is -2.25. The summed E-state index contributed by atoms with van der Waals surface area (Å²) >= 11 is 0. The molecule has 0 aliphatic heterocycles. The standard InChI is InChI=1S/C14H5F5N2O/c15-8-7(9(16)11(18)12(19)10(8)17)14-21-20-13(22-14)6-4-2-1-3-5-6/h1-5H. The Morgan fingerprint density at radius 2 is 1.14 bits per heavy atom. The highest BCUT2D eigenvalue weighted by Crippen LogP contribution is 2.32. The Labute approximate surface area is 120 Å². The second-order valence-electron chi connectivity index (χ2n) is 4.22. The Bertz CT molecular complexity index is 819. The Morgan fingerprint density at radius 1 is 0.636 bits per heavy atom. The summed E-state index contributed by atoms with van der Waals surface area (Å²) in [5.74, 6) is -11.4. The zero-order valence-electron chi connectivity index (χ0n) is 10.6. The van der Waals surface area contributed by atoms with E-state index in [1.54, 1.807) is 30.3 Å². The Hall–Kier alpha value is -2.77. The molecule has 8 heteroatoms. The lowest BCUT2D eigenvalue weighted by molar-refractivity contribution is 0.378. The molecule has 1 aromatic heterocycles. The van der Waals surface area contributed by atoms with Crippen molar-refractivity contribution < 1.29 is 26.4 Å². The molecule has 0 saturated carbocycles. The fourth-order valence-electron chi connectivity index (χ4n) is 1.81. The summed E-state index contributed by atoms with van der Waals surface area (Å²) in [4.78, 5) is 0. The molecule has 0 spiro atoms. The van der Waals surface area contributed by atoms with Crippen molar-refractivity contribution >= 4 is 0 Å². The Morgan fingerprint density at radius 3 is 1.73 bits per heavy atom. The summed E-state index contributed by atoms with van der Waals surface area (Å²) in [5, 5.41) is 6.88. The summed E-state index contributed by atoms with van der Waals surface area (Å²) in [7, 11) is 0. The molecule has 0 atom stereocenters. The molecule has 0 aliphatic carbocycles. The van der Waals surface area contributed by atoms with Crippen molar-refractivity contribution in [1.82, 2.24) is 10.2 Å². The van der Waals surface area contributed by atoms with Gasteiger partial charge in [0.25, 0.3) is 5.89 Å². The fraction of sp³-hybridized carbons (Fsp3) is 0. The predicted octanol–water partition coefficient (Wildman–Crippen LogP) is 4.10. The van der Waals surface area contributed by atoms with Crippen molar-refractivity contribution in [2.75, 3.05) is 0 Å². The van der Waals surface area contributed by atoms with E-state index in [1.165, 1.54) is 0 Å². The van der Waals surface area contributed by atoms with Crippen LogP contribution < -0.4 is 0 Å². The van der Waals surface area contributed by atoms with Crippen molar-refractivity contribution in [2.45, 2.75) is 0 Å². The second-order valence-corrected chi connectivity index (χ2v) is 4.22. The highest BCUT2D eigenvalue weighted by Gasteiger charge is 2.29. The molecular formula is C14H5F5N2O. The van der Waals surface area contributed by atoms with Gasteiger partial charge in [-0.1, -0.05) is 18.2 Å². The van der Waals surface area contributed by atoms with Gasteiger partial charge in [0.05, 0.1) is 0 Å². The van der Waals surface area contributed by atoms with E-state index in [4.69, 9.17) is 4.42 Å². The third kappa shape index (κ3) is 2.12. The molecule has 0 amide bonds. The quantitative estimate of drug-likeness (QED) is 0.406. The van der Waals surface area contributed by atoms with Gasteiger partial charge < -0.3 is 4.42 Å². The largest absolute Gasteiger partial charge is 0.416 e. The number of aromatic nitrogens is 2. The first-order chi connectivity index (χ1) is 10.5. The summed E-state index contributed by atoms with van der Waals surface area (Å²) in [6.07, 6.45) is 0. The fourth-order valence-corrected chi connectivity index (χ4v) is 1.81. The molecule has 3 nitrogen and oxygen atoms in total. The first kappa shape index (κ1) is 14.2. The van der Waals surface area contributed by atoms with E-state index < -0.39 is 40.5 Å². The van der Waals surface area contributed by atoms with Gasteiger partial charge in [0.1, 0.15) is 5.56 Å². The lowest BCUT2D eigenvalue weighted by atomic mass is 10.1. The van der Waals surface area contributed by atoms with Crippen LogP contribution in [0.1, 0.15) is 0 Å². The molecule has 3 rings (SSSR count). The summed E-state index contributed by atoms with van der Waals surface area (Å²) in [6.45, 7) is 0. The maximum atomic E-state index is 13.7. The van der Waals surface area contributed by atoms with Gasteiger partial charge in [-0.2, -0.15) is 0 Å². The average Bonchev–Trinajstić information content (AvgIpc) is 3.02. The molecule has 0 radical (unpaired) electrons. The van der Waals surface area contributed by atoms with Crippen molar-refractivity contribution in [3.05, 3.63) is 59.4 Å². The first-order valence-corrected chi connectivity index (χ1v) is 5.91. The summed E-state index contributed by atoms with van der Waals surface area (Å²) in [5.41, 5.74) is -0.823. The molecule has 1 heterocycles. The highest BCUT2D eigenvalue weighted by atomic mass is 19.2. The van der Waals surface area contributed by atoms with Crippen molar-refractivity contribution in [1.29, 1.82) is 0 Å². The number of rotatable bonds is 2. The smallest absolute Gasteiger partial charge is 0.254 e. The minimum Gasteiger partial charge on any atom is -0.416 e. The Kier molecular flexibility index (Phi) is 3.36. The average molecular weight is 312 g/mol. The van der Waals surface area contributed by atoms with Gasteiger partial charge >= 0.3 is 0 Å².